The molecule has 0 radical (unpaired) electrons. The van der Waals surface area contributed by atoms with Gasteiger partial charge in [-0.1, -0.05) is 31.5 Å². The van der Waals surface area contributed by atoms with E-state index in [4.69, 9.17) is 16.3 Å². The Morgan fingerprint density at radius 1 is 1.23 bits per heavy atom. The highest BCUT2D eigenvalue weighted by Crippen LogP contribution is 2.20. The summed E-state index contributed by atoms with van der Waals surface area (Å²) in [6.45, 7) is 7.86. The fourth-order valence-corrected chi connectivity index (χ4v) is 3.43. The first-order valence-corrected chi connectivity index (χ1v) is 10.3. The number of halogens is 1. The van der Waals surface area contributed by atoms with Crippen LogP contribution in [0.5, 0.6) is 0 Å². The van der Waals surface area contributed by atoms with Gasteiger partial charge in [0.05, 0.1) is 18.6 Å². The molecule has 0 aliphatic rings. The van der Waals surface area contributed by atoms with Crippen LogP contribution in [0.2, 0.25) is 5.02 Å². The topological polar surface area (TPSA) is 88.1 Å². The van der Waals surface area contributed by atoms with Crippen LogP contribution in [0.4, 0.5) is 0 Å². The number of carbonyl (C=O) groups excluding carboxylic acids is 1. The van der Waals surface area contributed by atoms with Gasteiger partial charge < -0.3 is 9.30 Å². The van der Waals surface area contributed by atoms with E-state index < -0.39 is 23.3 Å². The van der Waals surface area contributed by atoms with E-state index in [0.29, 0.717) is 23.0 Å². The molecule has 30 heavy (non-hydrogen) atoms. The predicted octanol–water partition coefficient (Wildman–Crippen LogP) is 3.17. The Labute approximate surface area is 178 Å². The number of imidazole rings is 1. The van der Waals surface area contributed by atoms with E-state index in [2.05, 4.69) is 4.98 Å². The molecule has 8 nitrogen and oxygen atoms in total. The fourth-order valence-electron chi connectivity index (χ4n) is 3.25. The number of hydrogen-bond donors (Lipinski definition) is 0. The molecule has 3 rings (SSSR count). The minimum absolute atomic E-state index is 0.166. The molecule has 0 bridgehead atoms. The van der Waals surface area contributed by atoms with Crippen molar-refractivity contribution in [2.24, 2.45) is 5.92 Å². The molecule has 160 valence electrons. The largest absolute Gasteiger partial charge is 0.464 e. The van der Waals surface area contributed by atoms with Crippen LogP contribution in [-0.2, 0) is 16.1 Å². The minimum atomic E-state index is -0.772. The lowest BCUT2D eigenvalue weighted by Crippen LogP contribution is -2.40. The van der Waals surface area contributed by atoms with Crippen molar-refractivity contribution in [2.45, 2.75) is 46.7 Å². The van der Waals surface area contributed by atoms with Crippen molar-refractivity contribution in [2.75, 3.05) is 6.61 Å². The van der Waals surface area contributed by atoms with Crippen LogP contribution in [0.25, 0.3) is 16.9 Å². The Hall–Kier alpha value is -2.87. The lowest BCUT2D eigenvalue weighted by molar-refractivity contribution is -0.146. The zero-order valence-electron chi connectivity index (χ0n) is 17.5. The van der Waals surface area contributed by atoms with E-state index in [1.807, 2.05) is 13.8 Å². The molecule has 0 N–H and O–H groups in total. The van der Waals surface area contributed by atoms with Gasteiger partial charge in [-0.2, -0.15) is 0 Å². The number of rotatable bonds is 7. The molecule has 2 aromatic heterocycles. The smallest absolute Gasteiger partial charge is 0.337 e. The van der Waals surface area contributed by atoms with Gasteiger partial charge in [-0.15, -0.1) is 0 Å². The molecule has 0 aliphatic carbocycles. The first-order chi connectivity index (χ1) is 14.3. The van der Waals surface area contributed by atoms with Crippen LogP contribution in [0.15, 0.2) is 40.2 Å². The molecule has 2 heterocycles. The highest BCUT2D eigenvalue weighted by atomic mass is 35.5. The number of esters is 1. The Morgan fingerprint density at radius 3 is 2.60 bits per heavy atom. The van der Waals surface area contributed by atoms with Crippen molar-refractivity contribution in [3.63, 3.8) is 0 Å². The van der Waals surface area contributed by atoms with Crippen molar-refractivity contribution in [1.29, 1.82) is 0 Å². The molecule has 0 saturated heterocycles. The lowest BCUT2D eigenvalue weighted by Gasteiger charge is -2.16. The quantitative estimate of drug-likeness (QED) is 0.535. The highest BCUT2D eigenvalue weighted by molar-refractivity contribution is 6.30. The summed E-state index contributed by atoms with van der Waals surface area (Å²) in [7, 11) is 0. The van der Waals surface area contributed by atoms with Crippen LogP contribution >= 0.6 is 11.6 Å². The van der Waals surface area contributed by atoms with Gasteiger partial charge in [0.1, 0.15) is 6.04 Å². The molecule has 3 aromatic rings. The molecule has 0 spiro atoms. The fraction of sp³-hybridized carbons (Fsp3) is 0.429. The maximum Gasteiger partial charge on any atom is 0.337 e. The number of aromatic nitrogens is 4. The van der Waals surface area contributed by atoms with E-state index in [9.17, 15) is 14.4 Å². The van der Waals surface area contributed by atoms with Crippen LogP contribution in [0.3, 0.4) is 0 Å². The maximum atomic E-state index is 13.3. The number of benzene rings is 1. The number of ether oxygens (including phenoxy) is 1. The molecule has 1 aromatic carbocycles. The van der Waals surface area contributed by atoms with E-state index in [1.54, 1.807) is 38.1 Å². The monoisotopic (exact) mass is 432 g/mol. The first kappa shape index (κ1) is 21.8. The van der Waals surface area contributed by atoms with E-state index >= 15 is 0 Å². The van der Waals surface area contributed by atoms with Crippen molar-refractivity contribution >= 4 is 28.7 Å². The zero-order chi connectivity index (χ0) is 22.0. The third kappa shape index (κ3) is 4.05. The molecule has 0 fully saturated rings. The van der Waals surface area contributed by atoms with Gasteiger partial charge in [0.2, 0.25) is 0 Å². The van der Waals surface area contributed by atoms with E-state index in [1.165, 1.54) is 20.0 Å². The summed E-state index contributed by atoms with van der Waals surface area (Å²) in [4.78, 5) is 43.2. The van der Waals surface area contributed by atoms with Gasteiger partial charge >= 0.3 is 11.7 Å². The van der Waals surface area contributed by atoms with Crippen molar-refractivity contribution in [3.05, 3.63) is 56.5 Å². The number of nitrogens with zero attached hydrogens (tertiary/aromatic N) is 4. The average Bonchev–Trinajstić information content (AvgIpc) is 3.12. The molecule has 9 heteroatoms. The van der Waals surface area contributed by atoms with Gasteiger partial charge in [-0.3, -0.25) is 9.36 Å². The minimum Gasteiger partial charge on any atom is -0.464 e. The molecule has 1 atom stereocenters. The summed E-state index contributed by atoms with van der Waals surface area (Å²) in [5.41, 5.74) is -0.153. The molecular formula is C21H25ClN4O4. The summed E-state index contributed by atoms with van der Waals surface area (Å²) >= 11 is 6.13. The highest BCUT2D eigenvalue weighted by Gasteiger charge is 2.24. The van der Waals surface area contributed by atoms with Gasteiger partial charge in [-0.05, 0) is 44.4 Å². The summed E-state index contributed by atoms with van der Waals surface area (Å²) in [6.07, 6.45) is 2.04. The molecule has 0 saturated carbocycles. The Morgan fingerprint density at radius 2 is 1.97 bits per heavy atom. The first-order valence-electron chi connectivity index (χ1n) is 9.91. The van der Waals surface area contributed by atoms with Crippen LogP contribution in [-0.4, -0.2) is 31.3 Å². The Kier molecular flexibility index (Phi) is 6.45. The normalized spacial score (nSPS) is 12.5. The number of carbonyl (C=O) groups is 1. The van der Waals surface area contributed by atoms with Crippen LogP contribution < -0.4 is 11.2 Å². The predicted molar refractivity (Wildman–Crippen MR) is 115 cm³/mol. The van der Waals surface area contributed by atoms with Gasteiger partial charge in [0.15, 0.2) is 11.2 Å². The van der Waals surface area contributed by atoms with E-state index in [-0.39, 0.29) is 24.3 Å². The number of fused-ring (bicyclic) bond motifs is 1. The van der Waals surface area contributed by atoms with Gasteiger partial charge in [0, 0.05) is 11.6 Å². The van der Waals surface area contributed by atoms with Crippen LogP contribution in [0, 0.1) is 5.92 Å². The second-order valence-electron chi connectivity index (χ2n) is 7.49. The van der Waals surface area contributed by atoms with Gasteiger partial charge in [0.25, 0.3) is 5.56 Å². The number of hydrogen-bond acceptors (Lipinski definition) is 5. The third-order valence-electron chi connectivity index (χ3n) is 4.90. The summed E-state index contributed by atoms with van der Waals surface area (Å²) in [6, 6.07) is 6.00. The van der Waals surface area contributed by atoms with Crippen molar-refractivity contribution < 1.29 is 9.53 Å². The maximum absolute atomic E-state index is 13.3. The zero-order valence-corrected chi connectivity index (χ0v) is 18.2. The van der Waals surface area contributed by atoms with Gasteiger partial charge in [-0.25, -0.2) is 19.1 Å². The van der Waals surface area contributed by atoms with E-state index in [0.717, 1.165) is 0 Å². The van der Waals surface area contributed by atoms with Crippen molar-refractivity contribution in [1.82, 2.24) is 18.7 Å². The standard InChI is InChI=1S/C21H25ClN4O4/c1-5-30-20(28)14(4)25-12-23-18-17(25)19(27)24(10-9-13(2)3)21(29)26(18)16-8-6-7-15(22)11-16/h6-8,11-14H,5,9-10H2,1-4H3. The summed E-state index contributed by atoms with van der Waals surface area (Å²) < 4.78 is 9.11. The summed E-state index contributed by atoms with van der Waals surface area (Å²) in [5.74, 6) is -0.180. The molecule has 0 amide bonds. The molecule has 0 aliphatic heterocycles. The second-order valence-corrected chi connectivity index (χ2v) is 7.93. The van der Waals surface area contributed by atoms with Crippen molar-refractivity contribution in [3.8, 4) is 5.69 Å². The lowest BCUT2D eigenvalue weighted by atomic mass is 10.1. The van der Waals surface area contributed by atoms with Crippen LogP contribution in [0.1, 0.15) is 40.2 Å². The SMILES string of the molecule is CCOC(=O)C(C)n1cnc2c1c(=O)n(CCC(C)C)c(=O)n2-c1cccc(Cl)c1. The molecular weight excluding hydrogens is 408 g/mol. The summed E-state index contributed by atoms with van der Waals surface area (Å²) in [5, 5.41) is 0.451. The Bertz CT molecular complexity index is 1190. The Balaban J connectivity index is 2.33. The second kappa shape index (κ2) is 8.87. The third-order valence-corrected chi connectivity index (χ3v) is 5.13. The average molecular weight is 433 g/mol. The molecule has 1 unspecified atom stereocenters.